The number of hydrogen-bond acceptors (Lipinski definition) is 2. The van der Waals surface area contributed by atoms with Gasteiger partial charge in [0, 0.05) is 18.2 Å². The van der Waals surface area contributed by atoms with Gasteiger partial charge in [0.25, 0.3) is 0 Å². The van der Waals surface area contributed by atoms with Gasteiger partial charge in [-0.25, -0.2) is 0 Å². The van der Waals surface area contributed by atoms with E-state index in [0.29, 0.717) is 6.42 Å². The van der Waals surface area contributed by atoms with Crippen LogP contribution in [0.15, 0.2) is 24.3 Å². The van der Waals surface area contributed by atoms with Gasteiger partial charge in [0.1, 0.15) is 0 Å². The van der Waals surface area contributed by atoms with Crippen molar-refractivity contribution < 1.29 is 9.59 Å². The smallest absolute Gasteiger partial charge is 0.226 e. The van der Waals surface area contributed by atoms with E-state index in [1.807, 2.05) is 12.1 Å². The molecule has 0 unspecified atom stereocenters. The summed E-state index contributed by atoms with van der Waals surface area (Å²) in [5, 5.41) is 5.96. The molecule has 0 aliphatic heterocycles. The number of carbonyl (C=O) groups excluding carboxylic acids is 2. The molecule has 1 aliphatic rings. The van der Waals surface area contributed by atoms with Crippen LogP contribution in [0, 0.1) is 0 Å². The number of hydrogen-bond donors (Lipinski definition) is 2. The fourth-order valence-electron chi connectivity index (χ4n) is 3.34. The molecule has 1 fully saturated rings. The third-order valence-corrected chi connectivity index (χ3v) is 4.54. The standard InChI is InChI=1S/C19H28N2O2/c1-14(22)21-19(11-5-6-12-19)13-17(23)20-16-9-7-15(8-10-16)18(2,3)4/h7-10H,5-6,11-13H2,1-4H3,(H,20,23)(H,21,22). The fraction of sp³-hybridized carbons (Fsp3) is 0.579. The van der Waals surface area contributed by atoms with E-state index >= 15 is 0 Å². The Bertz CT molecular complexity index is 564. The molecule has 1 aliphatic carbocycles. The highest BCUT2D eigenvalue weighted by Gasteiger charge is 2.36. The lowest BCUT2D eigenvalue weighted by molar-refractivity contribution is -0.122. The summed E-state index contributed by atoms with van der Waals surface area (Å²) in [6.45, 7) is 8.01. The molecule has 1 saturated carbocycles. The maximum atomic E-state index is 12.4. The molecule has 126 valence electrons. The molecule has 4 heteroatoms. The molecule has 2 amide bonds. The third-order valence-electron chi connectivity index (χ3n) is 4.54. The minimum atomic E-state index is -0.360. The van der Waals surface area contributed by atoms with Crippen molar-refractivity contribution in [3.8, 4) is 0 Å². The first kappa shape index (κ1) is 17.5. The molecule has 0 saturated heterocycles. The molecule has 1 aromatic rings. The van der Waals surface area contributed by atoms with E-state index in [2.05, 4.69) is 43.5 Å². The molecule has 0 spiro atoms. The van der Waals surface area contributed by atoms with Crippen LogP contribution in [0.1, 0.15) is 65.4 Å². The van der Waals surface area contributed by atoms with Crippen LogP contribution in [-0.2, 0) is 15.0 Å². The number of benzene rings is 1. The highest BCUT2D eigenvalue weighted by Crippen LogP contribution is 2.33. The van der Waals surface area contributed by atoms with Gasteiger partial charge in [-0.15, -0.1) is 0 Å². The highest BCUT2D eigenvalue weighted by atomic mass is 16.2. The fourth-order valence-corrected chi connectivity index (χ4v) is 3.34. The first-order chi connectivity index (χ1) is 10.7. The van der Waals surface area contributed by atoms with Crippen molar-refractivity contribution in [2.24, 2.45) is 0 Å². The van der Waals surface area contributed by atoms with Gasteiger partial charge in [0.05, 0.1) is 6.42 Å². The molecule has 4 nitrogen and oxygen atoms in total. The van der Waals surface area contributed by atoms with Gasteiger partial charge in [-0.2, -0.15) is 0 Å². The molecule has 0 aromatic heterocycles. The average Bonchev–Trinajstić information content (AvgIpc) is 2.85. The molecule has 2 rings (SSSR count). The summed E-state index contributed by atoms with van der Waals surface area (Å²) in [7, 11) is 0. The Labute approximate surface area is 139 Å². The molecule has 0 bridgehead atoms. The Morgan fingerprint density at radius 3 is 2.13 bits per heavy atom. The SMILES string of the molecule is CC(=O)NC1(CC(=O)Nc2ccc(C(C)(C)C)cc2)CCCC1. The van der Waals surface area contributed by atoms with Crippen molar-refractivity contribution in [2.45, 2.75) is 70.8 Å². The van der Waals surface area contributed by atoms with Crippen LogP contribution in [-0.4, -0.2) is 17.4 Å². The van der Waals surface area contributed by atoms with E-state index in [9.17, 15) is 9.59 Å². The molecule has 0 atom stereocenters. The topological polar surface area (TPSA) is 58.2 Å². The van der Waals surface area contributed by atoms with Gasteiger partial charge < -0.3 is 10.6 Å². The monoisotopic (exact) mass is 316 g/mol. The van der Waals surface area contributed by atoms with Crippen molar-refractivity contribution in [1.82, 2.24) is 5.32 Å². The molecule has 1 aromatic carbocycles. The maximum absolute atomic E-state index is 12.4. The summed E-state index contributed by atoms with van der Waals surface area (Å²) >= 11 is 0. The first-order valence-electron chi connectivity index (χ1n) is 8.39. The van der Waals surface area contributed by atoms with E-state index < -0.39 is 0 Å². The molecular formula is C19H28N2O2. The van der Waals surface area contributed by atoms with Crippen molar-refractivity contribution in [2.75, 3.05) is 5.32 Å². The Morgan fingerprint density at radius 1 is 1.09 bits per heavy atom. The maximum Gasteiger partial charge on any atom is 0.226 e. The summed E-state index contributed by atoms with van der Waals surface area (Å²) < 4.78 is 0. The Kier molecular flexibility index (Phi) is 5.12. The number of anilines is 1. The minimum absolute atomic E-state index is 0.0378. The van der Waals surface area contributed by atoms with Crippen LogP contribution < -0.4 is 10.6 Å². The zero-order valence-corrected chi connectivity index (χ0v) is 14.7. The Morgan fingerprint density at radius 2 is 1.65 bits per heavy atom. The van der Waals surface area contributed by atoms with E-state index in [1.54, 1.807) is 0 Å². The van der Waals surface area contributed by atoms with Crippen molar-refractivity contribution in [3.05, 3.63) is 29.8 Å². The third kappa shape index (κ3) is 4.81. The minimum Gasteiger partial charge on any atom is -0.350 e. The van der Waals surface area contributed by atoms with Crippen LogP contribution in [0.25, 0.3) is 0 Å². The van der Waals surface area contributed by atoms with E-state index in [1.165, 1.54) is 12.5 Å². The molecule has 23 heavy (non-hydrogen) atoms. The van der Waals surface area contributed by atoms with Gasteiger partial charge in [-0.05, 0) is 36.0 Å². The van der Waals surface area contributed by atoms with Gasteiger partial charge in [0.2, 0.25) is 11.8 Å². The normalized spacial score (nSPS) is 16.9. The van der Waals surface area contributed by atoms with Crippen LogP contribution in [0.5, 0.6) is 0 Å². The zero-order chi connectivity index (χ0) is 17.1. The summed E-state index contributed by atoms with van der Waals surface area (Å²) in [5.41, 5.74) is 1.78. The first-order valence-corrected chi connectivity index (χ1v) is 8.39. The lowest BCUT2D eigenvalue weighted by Crippen LogP contribution is -2.47. The van der Waals surface area contributed by atoms with Crippen LogP contribution in [0.4, 0.5) is 5.69 Å². The lowest BCUT2D eigenvalue weighted by atomic mass is 9.87. The highest BCUT2D eigenvalue weighted by molar-refractivity contribution is 5.92. The summed E-state index contributed by atoms with van der Waals surface area (Å²) in [5.74, 6) is -0.0987. The van der Waals surface area contributed by atoms with Gasteiger partial charge in [0.15, 0.2) is 0 Å². The zero-order valence-electron chi connectivity index (χ0n) is 14.7. The van der Waals surface area contributed by atoms with Crippen LogP contribution in [0.3, 0.4) is 0 Å². The number of rotatable bonds is 4. The predicted octanol–water partition coefficient (Wildman–Crippen LogP) is 3.76. The second-order valence-corrected chi connectivity index (χ2v) is 7.72. The van der Waals surface area contributed by atoms with Crippen molar-refractivity contribution >= 4 is 17.5 Å². The van der Waals surface area contributed by atoms with Crippen LogP contribution >= 0.6 is 0 Å². The predicted molar refractivity (Wildman–Crippen MR) is 93.4 cm³/mol. The van der Waals surface area contributed by atoms with Crippen molar-refractivity contribution in [1.29, 1.82) is 0 Å². The van der Waals surface area contributed by atoms with Gasteiger partial charge in [-0.1, -0.05) is 45.7 Å². The second kappa shape index (κ2) is 6.73. The largest absolute Gasteiger partial charge is 0.350 e. The lowest BCUT2D eigenvalue weighted by Gasteiger charge is -2.29. The Balaban J connectivity index is 1.99. The van der Waals surface area contributed by atoms with Crippen molar-refractivity contribution in [3.63, 3.8) is 0 Å². The summed E-state index contributed by atoms with van der Waals surface area (Å²) in [4.78, 5) is 23.8. The molecule has 0 heterocycles. The number of nitrogens with one attached hydrogen (secondary N) is 2. The van der Waals surface area contributed by atoms with Crippen LogP contribution in [0.2, 0.25) is 0 Å². The molecular weight excluding hydrogens is 288 g/mol. The molecule has 2 N–H and O–H groups in total. The van der Waals surface area contributed by atoms with Gasteiger partial charge >= 0.3 is 0 Å². The average molecular weight is 316 g/mol. The number of carbonyl (C=O) groups is 2. The second-order valence-electron chi connectivity index (χ2n) is 7.72. The van der Waals surface area contributed by atoms with E-state index in [-0.39, 0.29) is 22.8 Å². The number of amides is 2. The van der Waals surface area contributed by atoms with E-state index in [0.717, 1.165) is 31.4 Å². The summed E-state index contributed by atoms with van der Waals surface area (Å²) in [6, 6.07) is 7.99. The molecule has 0 radical (unpaired) electrons. The summed E-state index contributed by atoms with van der Waals surface area (Å²) in [6.07, 6.45) is 4.22. The van der Waals surface area contributed by atoms with E-state index in [4.69, 9.17) is 0 Å². The quantitative estimate of drug-likeness (QED) is 0.888. The van der Waals surface area contributed by atoms with Gasteiger partial charge in [-0.3, -0.25) is 9.59 Å². The Hall–Kier alpha value is -1.84.